The van der Waals surface area contributed by atoms with Crippen LogP contribution in [0.1, 0.15) is 0 Å². The molecule has 63 heteroatoms. The molecule has 0 aromatic rings. The molecule has 0 saturated carbocycles. The fraction of sp³-hybridized carbons (Fsp3) is 0. The van der Waals surface area contributed by atoms with Crippen LogP contribution in [0.4, 0.5) is 0 Å². The van der Waals surface area contributed by atoms with Crippen molar-refractivity contribution in [2.45, 2.75) is 0 Å². The van der Waals surface area contributed by atoms with Crippen molar-refractivity contribution in [1.82, 2.24) is 0 Å². The van der Waals surface area contributed by atoms with Gasteiger partial charge in [0.15, 0.2) is 0 Å². The van der Waals surface area contributed by atoms with Crippen LogP contribution in [0.3, 0.4) is 0 Å². The molecular weight excluding hydrogens is 11300 g/mol. The molecule has 0 aromatic heterocycles. The molecule has 157 radical (unpaired) electrons. The van der Waals surface area contributed by atoms with Crippen molar-refractivity contribution in [2.75, 3.05) is 0 Å². The first-order valence-electron chi connectivity index (χ1n) is 0. The van der Waals surface area contributed by atoms with Gasteiger partial charge in [0.2, 0.25) is 0 Å². The van der Waals surface area contributed by atoms with Gasteiger partial charge in [-0.3, -0.25) is 0 Å². The van der Waals surface area contributed by atoms with E-state index < -0.39 is 0 Å². The normalized spacial score (nSPS) is 0. The van der Waals surface area contributed by atoms with Crippen molar-refractivity contribution >= 4 is 1230 Å². The predicted molar refractivity (Wildman–Crippen MR) is 270 cm³/mol. The predicted octanol–water partition coefficient (Wildman–Crippen LogP) is -17.9. The summed E-state index contributed by atoms with van der Waals surface area (Å²) in [4.78, 5) is 0. The summed E-state index contributed by atoms with van der Waals surface area (Å²) < 4.78 is 0. The molecule has 0 nitrogen and oxygen atoms in total. The Morgan fingerprint density at radius 3 is 0.0317 bits per heavy atom. The van der Waals surface area contributed by atoms with E-state index in [0.717, 1.165) is 0 Å². The van der Waals surface area contributed by atoms with Gasteiger partial charge in [-0.05, 0) is 0 Å². The van der Waals surface area contributed by atoms with Gasteiger partial charge in [-0.25, -0.2) is 0 Å². The van der Waals surface area contributed by atoms with Crippen LogP contribution in [-0.2, 0) is 358 Å². The molecule has 0 saturated heterocycles. The zero-order valence-electron chi connectivity index (χ0n) is 28.2. The third-order valence-electron chi connectivity index (χ3n) is 0. The molecule has 0 aliphatic rings. The van der Waals surface area contributed by atoms with Crippen molar-refractivity contribution < 1.29 is 358 Å². The molecule has 0 amide bonds. The van der Waals surface area contributed by atoms with Crippen LogP contribution in [0.5, 0.6) is 0 Å². The average molecular weight is 11300 g/mol. The maximum absolute atomic E-state index is 0. The first-order chi connectivity index (χ1) is 0. The molecule has 0 rings (SSSR count). The maximum Gasteiger partial charge on any atom is 0 e. The Bertz CT molecular complexity index is 51.5. The molecule has 0 fully saturated rings. The van der Waals surface area contributed by atoms with E-state index in [1.807, 2.05) is 0 Å². The summed E-state index contributed by atoms with van der Waals surface area (Å²) in [6.07, 6.45) is 0. The first kappa shape index (κ1) is 544. The summed E-state index contributed by atoms with van der Waals surface area (Å²) in [6.45, 7) is 0. The Kier molecular flexibility index (Phi) is 4580. The van der Waals surface area contributed by atoms with Crippen LogP contribution in [-0.4, -0.2) is 1230 Å². The largest absolute Gasteiger partial charge is 0 e. The van der Waals surface area contributed by atoms with Gasteiger partial charge in [0.25, 0.3) is 0 Å². The van der Waals surface area contributed by atoms with Gasteiger partial charge in [-0.15, -0.1) is 0 Å². The molecule has 0 spiro atoms. The molecule has 0 bridgehead atoms. The van der Waals surface area contributed by atoms with E-state index in [2.05, 4.69) is 0 Å². The minimum absolute atomic E-state index is 0. The average Bonchev–Trinajstić information content (AvgIpc) is 0. The Morgan fingerprint density at radius 2 is 0.0317 bits per heavy atom. The fourth-order valence-corrected chi connectivity index (χ4v) is 0. The Morgan fingerprint density at radius 1 is 0.0317 bits per heavy atom. The minimum atomic E-state index is 0. The second-order valence-electron chi connectivity index (χ2n) is 0. The zero-order chi connectivity index (χ0) is 0. The summed E-state index contributed by atoms with van der Waals surface area (Å²) in [5.41, 5.74) is 0. The zero-order valence-corrected chi connectivity index (χ0v) is 227. The summed E-state index contributed by atoms with van der Waals surface area (Å²) in [7, 11) is 0. The molecule has 0 unspecified atom stereocenters. The Labute approximate surface area is 1530 Å². The topological polar surface area (TPSA) is 0 Å². The maximum atomic E-state index is 0. The van der Waals surface area contributed by atoms with E-state index in [4.69, 9.17) is 0 Å². The molecule has 0 aromatic carbocycles. The third-order valence-corrected chi connectivity index (χ3v) is 0. The van der Waals surface area contributed by atoms with Crippen molar-refractivity contribution in [3.63, 3.8) is 0 Å². The van der Waals surface area contributed by atoms with Gasteiger partial charge < -0.3 is 0 Å². The van der Waals surface area contributed by atoms with Gasteiger partial charge >= 0.3 is 0 Å². The number of rotatable bonds is 0. The van der Waals surface area contributed by atoms with E-state index in [1.54, 1.807) is 0 Å². The number of hydrogen-bond donors (Lipinski definition) is 0. The van der Waals surface area contributed by atoms with Crippen molar-refractivity contribution in [1.29, 1.82) is 0 Å². The smallest absolute Gasteiger partial charge is 0 e. The quantitative estimate of drug-likeness (QED) is 0.212. The van der Waals surface area contributed by atoms with Crippen LogP contribution in [0.15, 0.2) is 0 Å². The Balaban J connectivity index is 0. The van der Waals surface area contributed by atoms with Crippen molar-refractivity contribution in [3.8, 4) is 0 Å². The SMILES string of the molecule is [Bi].[Bi].[Bi].[Bi].[Bi].[Bi].[Bi].[Bi].[Bi].[Bi].[Bi].[Bi].[Bi].[Bi].[Bi].[Bi].[Bi].[Bi].[Bi].[Bi].[Bi].[Bi].[Bi].[Bi].[Bi].[Bi].[Bi].[Bi].[Bi].[Bi].[Bi].[Bi].[Bi].[Bi].[Bi].[Bi].[Bi].[Bi].[Bi].[Bi].[Bi].[Bi].[Bi].[Bi].[Bi].[Bi].[Bi].[Nb].[Nb].[Nb].[Nb].[Nb].[Nb].[Nb].[Nb].[Nb].[Nb].[Nb].[Nb].[Nb].[Nb].[Nb].[Nb]. The van der Waals surface area contributed by atoms with Gasteiger partial charge in [-0.1, -0.05) is 0 Å². The molecular formula is Bi47Nb16. The van der Waals surface area contributed by atoms with Crippen LogP contribution in [0.25, 0.3) is 0 Å². The van der Waals surface area contributed by atoms with Crippen LogP contribution < -0.4 is 0 Å². The Hall–Kier alpha value is 53.4. The molecule has 0 N–H and O–H groups in total. The van der Waals surface area contributed by atoms with Gasteiger partial charge in [0.1, 0.15) is 0 Å². The fourth-order valence-electron chi connectivity index (χ4n) is 0. The van der Waals surface area contributed by atoms with E-state index in [1.165, 1.54) is 0 Å². The minimum Gasteiger partial charge on any atom is 0 e. The molecule has 0 atom stereocenters. The molecule has 0 aliphatic carbocycles. The molecule has 63 heavy (non-hydrogen) atoms. The molecule has 0 aliphatic heterocycles. The monoisotopic (exact) mass is 11300 g/mol. The summed E-state index contributed by atoms with van der Waals surface area (Å²) >= 11 is 0. The third kappa shape index (κ3) is 521. The van der Waals surface area contributed by atoms with Crippen molar-refractivity contribution in [2.24, 2.45) is 0 Å². The van der Waals surface area contributed by atoms with Gasteiger partial charge in [0, 0.05) is 1590 Å². The van der Waals surface area contributed by atoms with Crippen molar-refractivity contribution in [3.05, 3.63) is 0 Å². The second kappa shape index (κ2) is 530. The van der Waals surface area contributed by atoms with E-state index in [0.29, 0.717) is 0 Å². The van der Waals surface area contributed by atoms with E-state index in [9.17, 15) is 0 Å². The second-order valence-corrected chi connectivity index (χ2v) is 0. The first-order valence-corrected chi connectivity index (χ1v) is 0. The summed E-state index contributed by atoms with van der Waals surface area (Å²) in [6, 6.07) is 0. The van der Waals surface area contributed by atoms with Crippen LogP contribution >= 0.6 is 0 Å². The molecule has 315 valence electrons. The molecule has 0 heterocycles. The van der Waals surface area contributed by atoms with E-state index >= 15 is 0 Å². The van der Waals surface area contributed by atoms with Crippen LogP contribution in [0.2, 0.25) is 0 Å². The van der Waals surface area contributed by atoms with Gasteiger partial charge in [-0.2, -0.15) is 0 Å². The standard InChI is InChI=1S/47Bi.16Nb. The van der Waals surface area contributed by atoms with Gasteiger partial charge in [0.05, 0.1) is 0 Å². The number of hydrogen-bond acceptors (Lipinski definition) is 0. The van der Waals surface area contributed by atoms with Crippen LogP contribution in [0, 0.1) is 0 Å². The van der Waals surface area contributed by atoms with E-state index in [-0.39, 0.29) is 1590 Å². The summed E-state index contributed by atoms with van der Waals surface area (Å²) in [5.74, 6) is 0. The summed E-state index contributed by atoms with van der Waals surface area (Å²) in [5, 5.41) is 0.